The Labute approximate surface area is 111 Å². The zero-order valence-electron chi connectivity index (χ0n) is 10.8. The normalized spacial score (nSPS) is 12.2. The quantitative estimate of drug-likeness (QED) is 0.890. The highest BCUT2D eigenvalue weighted by Gasteiger charge is 2.20. The molecule has 1 heterocycles. The molecular weight excluding hydrogens is 253 g/mol. The van der Waals surface area contributed by atoms with E-state index in [0.717, 1.165) is 24.4 Å². The van der Waals surface area contributed by atoms with Gasteiger partial charge in [0.05, 0.1) is 11.8 Å². The molecule has 18 heavy (non-hydrogen) atoms. The third kappa shape index (κ3) is 3.60. The molecule has 1 unspecified atom stereocenters. The fraction of sp³-hybridized carbons (Fsp3) is 0.500. The van der Waals surface area contributed by atoms with E-state index in [9.17, 15) is 9.18 Å². The van der Waals surface area contributed by atoms with Gasteiger partial charge < -0.3 is 10.6 Å². The van der Waals surface area contributed by atoms with Crippen LogP contribution in [-0.4, -0.2) is 40.9 Å². The maximum atomic E-state index is 13.1. The monoisotopic (exact) mass is 271 g/mol. The summed E-state index contributed by atoms with van der Waals surface area (Å²) in [7, 11) is 1.69. The van der Waals surface area contributed by atoms with Gasteiger partial charge in [0.1, 0.15) is 11.6 Å². The zero-order chi connectivity index (χ0) is 13.7. The number of nitrogens with two attached hydrogens (primary N) is 1. The molecule has 6 heteroatoms. The van der Waals surface area contributed by atoms with Crippen molar-refractivity contribution in [1.29, 1.82) is 0 Å². The summed E-state index contributed by atoms with van der Waals surface area (Å²) in [6, 6.07) is 1.20. The van der Waals surface area contributed by atoms with Gasteiger partial charge in [-0.2, -0.15) is 11.8 Å². The van der Waals surface area contributed by atoms with Crippen LogP contribution < -0.4 is 5.73 Å². The molecule has 0 saturated carbocycles. The van der Waals surface area contributed by atoms with Gasteiger partial charge >= 0.3 is 0 Å². The molecule has 0 fully saturated rings. The van der Waals surface area contributed by atoms with Gasteiger partial charge in [0.15, 0.2) is 0 Å². The van der Waals surface area contributed by atoms with E-state index in [4.69, 9.17) is 5.73 Å². The molecule has 0 radical (unpaired) electrons. The largest absolute Gasteiger partial charge is 0.383 e. The van der Waals surface area contributed by atoms with Crippen molar-refractivity contribution < 1.29 is 9.18 Å². The van der Waals surface area contributed by atoms with E-state index < -0.39 is 5.82 Å². The first-order chi connectivity index (χ1) is 8.47. The van der Waals surface area contributed by atoms with Gasteiger partial charge in [-0.25, -0.2) is 9.37 Å². The summed E-state index contributed by atoms with van der Waals surface area (Å²) in [5.74, 6) is 0.173. The smallest absolute Gasteiger partial charge is 0.257 e. The van der Waals surface area contributed by atoms with E-state index in [0.29, 0.717) is 0 Å². The number of nitrogens with zero attached hydrogens (tertiary/aromatic N) is 2. The third-order valence-electron chi connectivity index (χ3n) is 2.84. The van der Waals surface area contributed by atoms with Crippen LogP contribution in [0.4, 0.5) is 10.2 Å². The molecule has 0 aliphatic carbocycles. The second-order valence-corrected chi connectivity index (χ2v) is 5.12. The summed E-state index contributed by atoms with van der Waals surface area (Å²) < 4.78 is 13.1. The number of hydrogen-bond donors (Lipinski definition) is 1. The van der Waals surface area contributed by atoms with Crippen molar-refractivity contribution >= 4 is 23.5 Å². The standard InChI is InChI=1S/C12H18FN3OS/c1-8(4-5-18-3)16(2)12(17)10-6-9(13)7-15-11(10)14/h6-8H,4-5H2,1-3H3,(H2,14,15). The van der Waals surface area contributed by atoms with Crippen LogP contribution in [-0.2, 0) is 0 Å². The summed E-state index contributed by atoms with van der Waals surface area (Å²) in [5.41, 5.74) is 5.72. The van der Waals surface area contributed by atoms with Crippen molar-refractivity contribution in [2.24, 2.45) is 0 Å². The molecule has 0 spiro atoms. The Kier molecular flexibility index (Phi) is 5.40. The molecular formula is C12H18FN3OS. The second-order valence-electron chi connectivity index (χ2n) is 4.13. The Morgan fingerprint density at radius 2 is 2.33 bits per heavy atom. The Morgan fingerprint density at radius 1 is 1.67 bits per heavy atom. The van der Waals surface area contributed by atoms with Crippen LogP contribution in [0.5, 0.6) is 0 Å². The summed E-state index contributed by atoms with van der Waals surface area (Å²) >= 11 is 1.73. The van der Waals surface area contributed by atoms with Gasteiger partial charge in [-0.05, 0) is 31.4 Å². The lowest BCUT2D eigenvalue weighted by atomic mass is 10.1. The molecule has 0 bridgehead atoms. The van der Waals surface area contributed by atoms with Crippen molar-refractivity contribution in [1.82, 2.24) is 9.88 Å². The van der Waals surface area contributed by atoms with E-state index in [1.165, 1.54) is 0 Å². The molecule has 0 aliphatic rings. The number of amides is 1. The van der Waals surface area contributed by atoms with Crippen molar-refractivity contribution in [2.75, 3.05) is 24.8 Å². The van der Waals surface area contributed by atoms with Crippen molar-refractivity contribution in [3.63, 3.8) is 0 Å². The van der Waals surface area contributed by atoms with E-state index in [-0.39, 0.29) is 23.3 Å². The molecule has 0 aliphatic heterocycles. The van der Waals surface area contributed by atoms with Crippen LogP contribution in [0.1, 0.15) is 23.7 Å². The Balaban J connectivity index is 2.82. The zero-order valence-corrected chi connectivity index (χ0v) is 11.6. The second kappa shape index (κ2) is 6.58. The number of aromatic nitrogens is 1. The first-order valence-corrected chi connectivity index (χ1v) is 7.04. The van der Waals surface area contributed by atoms with Crippen LogP contribution in [0.25, 0.3) is 0 Å². The topological polar surface area (TPSA) is 59.2 Å². The van der Waals surface area contributed by atoms with E-state index >= 15 is 0 Å². The van der Waals surface area contributed by atoms with Crippen molar-refractivity contribution in [2.45, 2.75) is 19.4 Å². The van der Waals surface area contributed by atoms with Crippen LogP contribution in [0.2, 0.25) is 0 Å². The fourth-order valence-corrected chi connectivity index (χ4v) is 2.07. The van der Waals surface area contributed by atoms with Gasteiger partial charge in [0.25, 0.3) is 5.91 Å². The van der Waals surface area contributed by atoms with Gasteiger partial charge in [0.2, 0.25) is 0 Å². The minimum atomic E-state index is -0.558. The molecule has 1 amide bonds. The fourth-order valence-electron chi connectivity index (χ4n) is 1.49. The molecule has 2 N–H and O–H groups in total. The van der Waals surface area contributed by atoms with Gasteiger partial charge in [-0.15, -0.1) is 0 Å². The van der Waals surface area contributed by atoms with Gasteiger partial charge in [-0.3, -0.25) is 4.79 Å². The highest BCUT2D eigenvalue weighted by molar-refractivity contribution is 7.98. The predicted octanol–water partition coefficient (Wildman–Crippen LogP) is 2.02. The van der Waals surface area contributed by atoms with Crippen molar-refractivity contribution in [3.05, 3.63) is 23.6 Å². The third-order valence-corrected chi connectivity index (χ3v) is 3.48. The van der Waals surface area contributed by atoms with Crippen LogP contribution in [0.15, 0.2) is 12.3 Å². The number of carbonyl (C=O) groups is 1. The number of carbonyl (C=O) groups excluding carboxylic acids is 1. The Bertz CT molecular complexity index is 428. The number of anilines is 1. The van der Waals surface area contributed by atoms with Crippen LogP contribution in [0, 0.1) is 5.82 Å². The molecule has 1 aromatic rings. The number of pyridine rings is 1. The average molecular weight is 271 g/mol. The SMILES string of the molecule is CSCCC(C)N(C)C(=O)c1cc(F)cnc1N. The van der Waals surface area contributed by atoms with Gasteiger partial charge in [0, 0.05) is 13.1 Å². The summed E-state index contributed by atoms with van der Waals surface area (Å²) in [4.78, 5) is 17.4. The van der Waals surface area contributed by atoms with Crippen LogP contribution in [0.3, 0.4) is 0 Å². The minimum Gasteiger partial charge on any atom is -0.383 e. The average Bonchev–Trinajstić information content (AvgIpc) is 2.37. The highest BCUT2D eigenvalue weighted by atomic mass is 32.2. The van der Waals surface area contributed by atoms with Gasteiger partial charge in [-0.1, -0.05) is 0 Å². The number of nitrogen functional groups attached to an aromatic ring is 1. The lowest BCUT2D eigenvalue weighted by molar-refractivity contribution is 0.0741. The lowest BCUT2D eigenvalue weighted by Crippen LogP contribution is -2.36. The summed E-state index contributed by atoms with van der Waals surface area (Å²) in [5, 5.41) is 0. The summed E-state index contributed by atoms with van der Waals surface area (Å²) in [6.45, 7) is 1.96. The molecule has 0 aromatic carbocycles. The minimum absolute atomic E-state index is 0.0605. The highest BCUT2D eigenvalue weighted by Crippen LogP contribution is 2.15. The lowest BCUT2D eigenvalue weighted by Gasteiger charge is -2.25. The van der Waals surface area contributed by atoms with Crippen LogP contribution >= 0.6 is 11.8 Å². The Morgan fingerprint density at radius 3 is 2.94 bits per heavy atom. The van der Waals surface area contributed by atoms with E-state index in [2.05, 4.69) is 4.98 Å². The number of halogens is 1. The number of hydrogen-bond acceptors (Lipinski definition) is 4. The van der Waals surface area contributed by atoms with E-state index in [1.807, 2.05) is 13.2 Å². The molecule has 1 aromatic heterocycles. The number of rotatable bonds is 5. The predicted molar refractivity (Wildman–Crippen MR) is 73.2 cm³/mol. The van der Waals surface area contributed by atoms with E-state index in [1.54, 1.807) is 23.7 Å². The molecule has 4 nitrogen and oxygen atoms in total. The molecule has 1 atom stereocenters. The molecule has 100 valence electrons. The number of thioether (sulfide) groups is 1. The van der Waals surface area contributed by atoms with Crippen molar-refractivity contribution in [3.8, 4) is 0 Å². The first-order valence-electron chi connectivity index (χ1n) is 5.64. The Hall–Kier alpha value is -1.30. The first kappa shape index (κ1) is 14.8. The molecule has 0 saturated heterocycles. The summed E-state index contributed by atoms with van der Waals surface area (Å²) in [6.07, 6.45) is 3.90. The maximum Gasteiger partial charge on any atom is 0.257 e. The molecule has 1 rings (SSSR count). The maximum absolute atomic E-state index is 13.1.